The zero-order valence-electron chi connectivity index (χ0n) is 20.3. The van der Waals surface area contributed by atoms with E-state index in [-0.39, 0.29) is 5.56 Å². The van der Waals surface area contributed by atoms with Gasteiger partial charge in [0.25, 0.3) is 5.56 Å². The van der Waals surface area contributed by atoms with Crippen molar-refractivity contribution in [2.24, 2.45) is 0 Å². The molecule has 0 aliphatic rings. The van der Waals surface area contributed by atoms with Crippen molar-refractivity contribution < 1.29 is 0 Å². The van der Waals surface area contributed by atoms with Crippen LogP contribution in [0.3, 0.4) is 0 Å². The van der Waals surface area contributed by atoms with E-state index in [1.54, 1.807) is 4.57 Å². The summed E-state index contributed by atoms with van der Waals surface area (Å²) in [7, 11) is 0. The molecule has 0 spiro atoms. The fraction of sp³-hybridized carbons (Fsp3) is 0.0303. The third-order valence-corrected chi connectivity index (χ3v) is 6.40. The number of rotatable bonds is 3. The van der Waals surface area contributed by atoms with Crippen LogP contribution >= 0.6 is 0 Å². The predicted molar refractivity (Wildman–Crippen MR) is 152 cm³/mol. The zero-order chi connectivity index (χ0) is 25.2. The molecule has 2 heterocycles. The van der Waals surface area contributed by atoms with Gasteiger partial charge in [-0.05, 0) is 78.7 Å². The second-order valence-electron chi connectivity index (χ2n) is 8.87. The first-order chi connectivity index (χ1) is 18.2. The molecule has 2 aromatic heterocycles. The van der Waals surface area contributed by atoms with Gasteiger partial charge in [0.1, 0.15) is 5.82 Å². The highest BCUT2D eigenvalue weighted by molar-refractivity contribution is 5.91. The quantitative estimate of drug-likeness (QED) is 0.287. The van der Waals surface area contributed by atoms with E-state index in [9.17, 15) is 4.79 Å². The monoisotopic (exact) mass is 477 g/mol. The van der Waals surface area contributed by atoms with Gasteiger partial charge in [0.05, 0.1) is 16.6 Å². The molecule has 1 N–H and O–H groups in total. The molecule has 0 radical (unpaired) electrons. The Morgan fingerprint density at radius 1 is 0.784 bits per heavy atom. The molecule has 4 nitrogen and oxygen atoms in total. The predicted octanol–water partition coefficient (Wildman–Crippen LogP) is 6.75. The van der Waals surface area contributed by atoms with Gasteiger partial charge in [-0.25, -0.2) is 4.98 Å². The second kappa shape index (κ2) is 9.49. The van der Waals surface area contributed by atoms with Crippen molar-refractivity contribution in [1.29, 1.82) is 0 Å². The summed E-state index contributed by atoms with van der Waals surface area (Å²) in [6.07, 6.45) is 5.88. The van der Waals surface area contributed by atoms with Crippen molar-refractivity contribution in [3.8, 4) is 17.5 Å². The molecule has 0 atom stereocenters. The summed E-state index contributed by atoms with van der Waals surface area (Å²) < 4.78 is 1.69. The first kappa shape index (κ1) is 22.3. The molecule has 0 fully saturated rings. The highest BCUT2D eigenvalue weighted by atomic mass is 16.1. The van der Waals surface area contributed by atoms with Crippen LogP contribution in [0.4, 0.5) is 0 Å². The van der Waals surface area contributed by atoms with Gasteiger partial charge in [0, 0.05) is 28.2 Å². The fourth-order valence-electron chi connectivity index (χ4n) is 4.54. The van der Waals surface area contributed by atoms with Crippen LogP contribution in [0, 0.1) is 18.8 Å². The Labute approximate surface area is 214 Å². The van der Waals surface area contributed by atoms with Gasteiger partial charge in [-0.1, -0.05) is 60.4 Å². The molecular formula is C33H23N3O. The Hall–Kier alpha value is -5.14. The molecule has 0 saturated carbocycles. The average Bonchev–Trinajstić information content (AvgIpc) is 3.35. The molecule has 6 aromatic rings. The summed E-state index contributed by atoms with van der Waals surface area (Å²) in [5, 5.41) is 1.70. The number of para-hydroxylation sites is 2. The minimum absolute atomic E-state index is 0.101. The molecule has 0 saturated heterocycles. The highest BCUT2D eigenvalue weighted by Gasteiger charge is 2.13. The normalized spacial score (nSPS) is 11.2. The van der Waals surface area contributed by atoms with Gasteiger partial charge in [-0.2, -0.15) is 0 Å². The van der Waals surface area contributed by atoms with E-state index in [2.05, 4.69) is 22.9 Å². The van der Waals surface area contributed by atoms with E-state index < -0.39 is 0 Å². The molecule has 6 rings (SSSR count). The van der Waals surface area contributed by atoms with E-state index in [0.29, 0.717) is 16.7 Å². The van der Waals surface area contributed by atoms with Crippen molar-refractivity contribution in [2.75, 3.05) is 0 Å². The SMILES string of the molecule is Cc1cc(C#Cc2ccccc2)ccc1-n1c(/C=C/c2c[nH]c3ccccc23)nc2ccccc2c1=O. The Bertz CT molecular complexity index is 1910. The van der Waals surface area contributed by atoms with Crippen molar-refractivity contribution in [3.05, 3.63) is 142 Å². The maximum atomic E-state index is 13.7. The molecule has 0 aliphatic carbocycles. The first-order valence-electron chi connectivity index (χ1n) is 12.1. The number of nitrogens with zero attached hydrogens (tertiary/aromatic N) is 2. The molecule has 4 heteroatoms. The number of nitrogens with one attached hydrogen (secondary N) is 1. The summed E-state index contributed by atoms with van der Waals surface area (Å²) in [5.74, 6) is 7.00. The van der Waals surface area contributed by atoms with Crippen LogP contribution in [0.2, 0.25) is 0 Å². The lowest BCUT2D eigenvalue weighted by atomic mass is 10.1. The van der Waals surface area contributed by atoms with Crippen LogP contribution in [0.1, 0.15) is 28.1 Å². The number of aryl methyl sites for hydroxylation is 1. The number of hydrogen-bond donors (Lipinski definition) is 1. The van der Waals surface area contributed by atoms with Crippen molar-refractivity contribution in [3.63, 3.8) is 0 Å². The lowest BCUT2D eigenvalue weighted by molar-refractivity contribution is 0.934. The van der Waals surface area contributed by atoms with E-state index in [1.807, 2.05) is 116 Å². The molecule has 0 aliphatic heterocycles. The number of H-pyrrole nitrogens is 1. The zero-order valence-corrected chi connectivity index (χ0v) is 20.3. The second-order valence-corrected chi connectivity index (χ2v) is 8.87. The number of benzene rings is 4. The summed E-state index contributed by atoms with van der Waals surface area (Å²) >= 11 is 0. The van der Waals surface area contributed by atoms with Crippen LogP contribution in [0.5, 0.6) is 0 Å². The van der Waals surface area contributed by atoms with E-state index in [4.69, 9.17) is 4.98 Å². The maximum Gasteiger partial charge on any atom is 0.266 e. The topological polar surface area (TPSA) is 50.7 Å². The van der Waals surface area contributed by atoms with Crippen molar-refractivity contribution >= 4 is 34.0 Å². The highest BCUT2D eigenvalue weighted by Crippen LogP contribution is 2.22. The van der Waals surface area contributed by atoms with Gasteiger partial charge < -0.3 is 4.98 Å². The molecule has 0 amide bonds. The van der Waals surface area contributed by atoms with Gasteiger partial charge in [-0.15, -0.1) is 0 Å². The molecule has 4 aromatic carbocycles. The summed E-state index contributed by atoms with van der Waals surface area (Å²) in [5.41, 5.74) is 6.25. The lowest BCUT2D eigenvalue weighted by Crippen LogP contribution is -2.23. The number of aromatic amines is 1. The van der Waals surface area contributed by atoms with Gasteiger partial charge >= 0.3 is 0 Å². The molecule has 0 bridgehead atoms. The smallest absolute Gasteiger partial charge is 0.266 e. The lowest BCUT2D eigenvalue weighted by Gasteiger charge is -2.14. The minimum Gasteiger partial charge on any atom is -0.361 e. The molecular weight excluding hydrogens is 454 g/mol. The Morgan fingerprint density at radius 2 is 1.51 bits per heavy atom. The summed E-state index contributed by atoms with van der Waals surface area (Å²) in [6, 6.07) is 31.4. The van der Waals surface area contributed by atoms with E-state index >= 15 is 0 Å². The van der Waals surface area contributed by atoms with Crippen LogP contribution in [-0.2, 0) is 0 Å². The standard InChI is InChI=1S/C33H23N3O/c1-23-21-25(16-15-24-9-3-2-4-10-24)17-19-31(23)36-32(35-30-14-8-6-12-28(30)33(36)37)20-18-26-22-34-29-13-7-5-11-27(26)29/h2-14,17-22,34H,1H3/b20-18+. The average molecular weight is 478 g/mol. The van der Waals surface area contributed by atoms with Gasteiger partial charge in [0.15, 0.2) is 0 Å². The molecule has 37 heavy (non-hydrogen) atoms. The van der Waals surface area contributed by atoms with Crippen molar-refractivity contribution in [2.45, 2.75) is 6.92 Å². The Kier molecular flexibility index (Phi) is 5.72. The number of hydrogen-bond acceptors (Lipinski definition) is 2. The maximum absolute atomic E-state index is 13.7. The number of aromatic nitrogens is 3. The molecule has 176 valence electrons. The summed E-state index contributed by atoms with van der Waals surface area (Å²) in [6.45, 7) is 2.00. The van der Waals surface area contributed by atoms with Gasteiger partial charge in [0.2, 0.25) is 0 Å². The van der Waals surface area contributed by atoms with Crippen molar-refractivity contribution in [1.82, 2.24) is 14.5 Å². The third kappa shape index (κ3) is 4.35. The summed E-state index contributed by atoms with van der Waals surface area (Å²) in [4.78, 5) is 21.9. The third-order valence-electron chi connectivity index (χ3n) is 6.40. The van der Waals surface area contributed by atoms with E-state index in [0.717, 1.165) is 38.8 Å². The Morgan fingerprint density at radius 3 is 2.35 bits per heavy atom. The van der Waals surface area contributed by atoms with Crippen LogP contribution in [0.15, 0.2) is 108 Å². The van der Waals surface area contributed by atoms with Gasteiger partial charge in [-0.3, -0.25) is 9.36 Å². The van der Waals surface area contributed by atoms with Crippen LogP contribution in [0.25, 0.3) is 39.6 Å². The largest absolute Gasteiger partial charge is 0.361 e. The van der Waals surface area contributed by atoms with E-state index in [1.165, 1.54) is 0 Å². The fourth-order valence-corrected chi connectivity index (χ4v) is 4.54. The van der Waals surface area contributed by atoms with Crippen LogP contribution in [-0.4, -0.2) is 14.5 Å². The van der Waals surface area contributed by atoms with Crippen LogP contribution < -0.4 is 5.56 Å². The number of fused-ring (bicyclic) bond motifs is 2. The minimum atomic E-state index is -0.101. The molecule has 0 unspecified atom stereocenters. The first-order valence-corrected chi connectivity index (χ1v) is 12.1. The Balaban J connectivity index is 1.47.